The van der Waals surface area contributed by atoms with Crippen LogP contribution in [0, 0.1) is 17.6 Å². The van der Waals surface area contributed by atoms with Gasteiger partial charge in [-0.3, -0.25) is 4.72 Å². The number of methoxy groups -OCH3 is 1. The molecule has 0 aliphatic carbocycles. The molecule has 0 amide bonds. The molecule has 7 nitrogen and oxygen atoms in total. The van der Waals surface area contributed by atoms with E-state index in [1.54, 1.807) is 12.0 Å². The van der Waals surface area contributed by atoms with Gasteiger partial charge in [0.1, 0.15) is 21.6 Å². The van der Waals surface area contributed by atoms with Gasteiger partial charge in [-0.05, 0) is 32.6 Å². The van der Waals surface area contributed by atoms with E-state index in [1.165, 1.54) is 6.07 Å². The Labute approximate surface area is 183 Å². The van der Waals surface area contributed by atoms with E-state index in [4.69, 9.17) is 16.3 Å². The lowest BCUT2D eigenvalue weighted by Crippen LogP contribution is -2.44. The highest BCUT2D eigenvalue weighted by molar-refractivity contribution is 7.92. The Balaban J connectivity index is 1.94. The molecule has 2 heterocycles. The second kappa shape index (κ2) is 8.81. The van der Waals surface area contributed by atoms with Crippen molar-refractivity contribution in [3.63, 3.8) is 0 Å². The van der Waals surface area contributed by atoms with E-state index < -0.39 is 48.9 Å². The third-order valence-corrected chi connectivity index (χ3v) is 6.90. The Morgan fingerprint density at radius 1 is 1.32 bits per heavy atom. The van der Waals surface area contributed by atoms with Gasteiger partial charge in [0.25, 0.3) is 10.0 Å². The predicted octanol–water partition coefficient (Wildman–Crippen LogP) is 3.11. The molecule has 31 heavy (non-hydrogen) atoms. The fourth-order valence-electron chi connectivity index (χ4n) is 3.68. The second-order valence-corrected chi connectivity index (χ2v) is 9.58. The third kappa shape index (κ3) is 4.89. The van der Waals surface area contributed by atoms with Gasteiger partial charge in [-0.2, -0.15) is 4.39 Å². The van der Waals surface area contributed by atoms with Crippen molar-refractivity contribution in [2.45, 2.75) is 16.9 Å². The number of pyridine rings is 1. The van der Waals surface area contributed by atoms with Crippen LogP contribution >= 0.6 is 11.6 Å². The quantitative estimate of drug-likeness (QED) is 0.487. The first-order chi connectivity index (χ1) is 14.5. The average molecular weight is 479 g/mol. The summed E-state index contributed by atoms with van der Waals surface area (Å²) in [6, 6.07) is 4.17. The first-order valence-corrected chi connectivity index (χ1v) is 11.1. The van der Waals surface area contributed by atoms with Gasteiger partial charge in [0, 0.05) is 32.8 Å². The van der Waals surface area contributed by atoms with Crippen LogP contribution in [0.1, 0.15) is 6.42 Å². The topological polar surface area (TPSA) is 74.8 Å². The monoisotopic (exact) mass is 478 g/mol. The number of halogens is 4. The summed E-state index contributed by atoms with van der Waals surface area (Å²) < 4.78 is 76.0. The number of nitrogens with zero attached hydrogens (tertiary/aromatic N) is 3. The summed E-state index contributed by atoms with van der Waals surface area (Å²) in [4.78, 5) is 5.77. The van der Waals surface area contributed by atoms with Gasteiger partial charge >= 0.3 is 0 Å². The van der Waals surface area contributed by atoms with Crippen molar-refractivity contribution in [1.82, 2.24) is 9.88 Å². The molecule has 1 aromatic carbocycles. The van der Waals surface area contributed by atoms with Gasteiger partial charge in [-0.15, -0.1) is 0 Å². The van der Waals surface area contributed by atoms with E-state index in [2.05, 4.69) is 4.98 Å². The fourth-order valence-corrected chi connectivity index (χ4v) is 5.31. The molecular formula is C19H22ClF3N4O3S. The smallest absolute Gasteiger partial charge is 0.267 e. The number of sulfonamides is 1. The summed E-state index contributed by atoms with van der Waals surface area (Å²) in [6.45, 7) is 1.20. The zero-order chi connectivity index (χ0) is 23.0. The van der Waals surface area contributed by atoms with E-state index >= 15 is 4.39 Å². The molecule has 3 rings (SSSR count). The number of rotatable bonds is 7. The molecule has 1 aliphatic rings. The van der Waals surface area contributed by atoms with Crippen molar-refractivity contribution in [1.29, 1.82) is 0 Å². The van der Waals surface area contributed by atoms with Crippen LogP contribution in [0.4, 0.5) is 24.7 Å². The zero-order valence-corrected chi connectivity index (χ0v) is 18.7. The van der Waals surface area contributed by atoms with Crippen molar-refractivity contribution in [3.05, 3.63) is 46.9 Å². The molecule has 0 saturated carbocycles. The molecule has 12 heteroatoms. The number of benzene rings is 1. The molecular weight excluding hydrogens is 457 g/mol. The highest BCUT2D eigenvalue weighted by Gasteiger charge is 2.40. The van der Waals surface area contributed by atoms with Crippen molar-refractivity contribution >= 4 is 33.1 Å². The van der Waals surface area contributed by atoms with Gasteiger partial charge in [0.15, 0.2) is 5.82 Å². The molecule has 0 bridgehead atoms. The van der Waals surface area contributed by atoms with Crippen LogP contribution in [-0.2, 0) is 14.8 Å². The highest BCUT2D eigenvalue weighted by Crippen LogP contribution is 2.38. The maximum atomic E-state index is 15.1. The molecule has 0 radical (unpaired) electrons. The third-order valence-electron chi connectivity index (χ3n) is 5.01. The minimum absolute atomic E-state index is 0.164. The van der Waals surface area contributed by atoms with Gasteiger partial charge in [0.05, 0.1) is 11.3 Å². The molecule has 0 unspecified atom stereocenters. The van der Waals surface area contributed by atoms with E-state index in [1.807, 2.05) is 23.7 Å². The summed E-state index contributed by atoms with van der Waals surface area (Å²) in [6.07, 6.45) is 0.563. The number of hydrogen-bond donors (Lipinski definition) is 1. The van der Waals surface area contributed by atoms with E-state index in [0.717, 1.165) is 18.2 Å². The fraction of sp³-hybridized carbons (Fsp3) is 0.421. The van der Waals surface area contributed by atoms with Crippen LogP contribution in [0.15, 0.2) is 29.2 Å². The number of hydrogen-bond acceptors (Lipinski definition) is 6. The molecule has 0 spiro atoms. The Bertz CT molecular complexity index is 1090. The lowest BCUT2D eigenvalue weighted by Gasteiger charge is -2.31. The van der Waals surface area contributed by atoms with Crippen LogP contribution in [0.25, 0.3) is 0 Å². The molecule has 1 N–H and O–H groups in total. The lowest BCUT2D eigenvalue weighted by atomic mass is 10.0. The number of anilines is 2. The Kier molecular flexibility index (Phi) is 6.70. The Hall–Kier alpha value is -2.08. The number of likely N-dealkylation sites (N-methyl/N-ethyl adjacent to an activating group) is 1. The first-order valence-electron chi connectivity index (χ1n) is 9.26. The molecule has 1 atom stereocenters. The minimum Gasteiger partial charge on any atom is -0.375 e. The van der Waals surface area contributed by atoms with Gasteiger partial charge in [0.2, 0.25) is 5.95 Å². The van der Waals surface area contributed by atoms with Gasteiger partial charge < -0.3 is 14.5 Å². The molecule has 1 fully saturated rings. The highest BCUT2D eigenvalue weighted by atomic mass is 35.5. The normalized spacial score (nSPS) is 19.3. The van der Waals surface area contributed by atoms with Gasteiger partial charge in [-0.25, -0.2) is 22.2 Å². The largest absolute Gasteiger partial charge is 0.375 e. The summed E-state index contributed by atoms with van der Waals surface area (Å²) in [5.41, 5.74) is -0.753. The summed E-state index contributed by atoms with van der Waals surface area (Å²) >= 11 is 5.96. The number of ether oxygens (including phenoxy) is 1. The minimum atomic E-state index is -4.67. The van der Waals surface area contributed by atoms with E-state index in [-0.39, 0.29) is 12.2 Å². The van der Waals surface area contributed by atoms with Crippen LogP contribution < -0.4 is 9.62 Å². The van der Waals surface area contributed by atoms with E-state index in [0.29, 0.717) is 19.5 Å². The number of aromatic nitrogens is 1. The molecule has 170 valence electrons. The number of nitrogens with one attached hydrogen (secondary N) is 1. The standard InChI is InChI=1S/C19H22ClF3N4O3S/c1-26(2)10-19(30-3)7-8-27(11-19)13-9-12(21)18(16(20)17(13)23)31(28,29)25-15-6-4-5-14(22)24-15/h4-6,9H,7-8,10-11H2,1-3H3,(H,24,25)/t19-/m1/s1. The second-order valence-electron chi connectivity index (χ2n) is 7.58. The molecule has 2 aromatic rings. The van der Waals surface area contributed by atoms with Crippen LogP contribution in [0.5, 0.6) is 0 Å². The molecule has 1 aromatic heterocycles. The summed E-state index contributed by atoms with van der Waals surface area (Å²) in [5.74, 6) is -3.66. The van der Waals surface area contributed by atoms with Crippen LogP contribution in [0.3, 0.4) is 0 Å². The van der Waals surface area contributed by atoms with Crippen molar-refractivity contribution in [3.8, 4) is 0 Å². The Morgan fingerprint density at radius 3 is 2.65 bits per heavy atom. The molecule has 1 aliphatic heterocycles. The average Bonchev–Trinajstić information content (AvgIpc) is 3.07. The maximum Gasteiger partial charge on any atom is 0.267 e. The summed E-state index contributed by atoms with van der Waals surface area (Å²) in [5, 5.41) is -0.901. The predicted molar refractivity (Wildman–Crippen MR) is 111 cm³/mol. The zero-order valence-electron chi connectivity index (χ0n) is 17.1. The van der Waals surface area contributed by atoms with E-state index in [9.17, 15) is 17.2 Å². The SMILES string of the molecule is CO[C@@]1(CN(C)C)CCN(c2cc(F)c(S(=O)(=O)Nc3cccc(F)n3)c(Cl)c2F)C1. The van der Waals surface area contributed by atoms with Crippen LogP contribution in [-0.4, -0.2) is 64.7 Å². The Morgan fingerprint density at radius 2 is 2.03 bits per heavy atom. The maximum absolute atomic E-state index is 15.1. The summed E-state index contributed by atoms with van der Waals surface area (Å²) in [7, 11) is 0.632. The van der Waals surface area contributed by atoms with Crippen molar-refractivity contribution < 1.29 is 26.3 Å². The molecule has 1 saturated heterocycles. The lowest BCUT2D eigenvalue weighted by molar-refractivity contribution is -0.0100. The van der Waals surface area contributed by atoms with Crippen molar-refractivity contribution in [2.24, 2.45) is 0 Å². The van der Waals surface area contributed by atoms with Gasteiger partial charge in [-0.1, -0.05) is 17.7 Å². The van der Waals surface area contributed by atoms with Crippen molar-refractivity contribution in [2.75, 3.05) is 50.5 Å². The first kappa shape index (κ1) is 23.6. The van der Waals surface area contributed by atoms with Crippen LogP contribution in [0.2, 0.25) is 5.02 Å².